The lowest BCUT2D eigenvalue weighted by Gasteiger charge is -2.38. The van der Waals surface area contributed by atoms with Crippen molar-refractivity contribution in [3.05, 3.63) is 95.1 Å². The summed E-state index contributed by atoms with van der Waals surface area (Å²) in [6, 6.07) is 24.4. The van der Waals surface area contributed by atoms with Crippen LogP contribution in [0.1, 0.15) is 34.7 Å². The van der Waals surface area contributed by atoms with Crippen molar-refractivity contribution >= 4 is 5.91 Å². The molecule has 3 aromatic rings. The van der Waals surface area contributed by atoms with Crippen molar-refractivity contribution in [2.45, 2.75) is 25.3 Å². The van der Waals surface area contributed by atoms with Gasteiger partial charge >= 0.3 is 0 Å². The Morgan fingerprint density at radius 2 is 1.57 bits per heavy atom. The zero-order chi connectivity index (χ0) is 20.9. The molecule has 3 aromatic carbocycles. The van der Waals surface area contributed by atoms with Crippen LogP contribution in [0.15, 0.2) is 72.8 Å². The number of amides is 1. The van der Waals surface area contributed by atoms with Crippen LogP contribution in [-0.4, -0.2) is 31.6 Å². The van der Waals surface area contributed by atoms with Gasteiger partial charge in [-0.3, -0.25) is 4.79 Å². The maximum absolute atomic E-state index is 13.3. The molecule has 30 heavy (non-hydrogen) atoms. The van der Waals surface area contributed by atoms with Crippen molar-refractivity contribution in [1.82, 2.24) is 4.90 Å². The van der Waals surface area contributed by atoms with Crippen LogP contribution in [0.3, 0.4) is 0 Å². The van der Waals surface area contributed by atoms with Crippen LogP contribution in [-0.2, 0) is 17.6 Å². The van der Waals surface area contributed by atoms with E-state index >= 15 is 0 Å². The fourth-order valence-electron chi connectivity index (χ4n) is 4.25. The molecule has 0 radical (unpaired) electrons. The summed E-state index contributed by atoms with van der Waals surface area (Å²) in [4.78, 5) is 15.3. The Kier molecular flexibility index (Phi) is 6.03. The molecule has 0 spiro atoms. The second kappa shape index (κ2) is 9.04. The zero-order valence-corrected chi connectivity index (χ0v) is 17.5. The number of hydrogen-bond acceptors (Lipinski definition) is 3. The van der Waals surface area contributed by atoms with E-state index in [2.05, 4.69) is 30.3 Å². The number of ether oxygens (including phenoxy) is 2. The van der Waals surface area contributed by atoms with E-state index in [-0.39, 0.29) is 11.9 Å². The Hall–Kier alpha value is -3.27. The summed E-state index contributed by atoms with van der Waals surface area (Å²) in [5, 5.41) is 0. The number of carbonyl (C=O) groups excluding carboxylic acids is 1. The van der Waals surface area contributed by atoms with Crippen molar-refractivity contribution in [1.29, 1.82) is 0 Å². The Balaban J connectivity index is 1.68. The maximum Gasteiger partial charge on any atom is 0.223 e. The molecule has 4 nitrogen and oxygen atoms in total. The number of fused-ring (bicyclic) bond motifs is 1. The number of carbonyl (C=O) groups is 1. The van der Waals surface area contributed by atoms with Gasteiger partial charge in [-0.2, -0.15) is 0 Å². The SMILES string of the molecule is COc1cc2c(cc1OC)[C@H](c1ccccc1)N(C(=O)CCc1ccccc1)CC2. The van der Waals surface area contributed by atoms with Crippen LogP contribution in [0.25, 0.3) is 0 Å². The molecule has 0 unspecified atom stereocenters. The van der Waals surface area contributed by atoms with Crippen LogP contribution in [0, 0.1) is 0 Å². The summed E-state index contributed by atoms with van der Waals surface area (Å²) in [5.41, 5.74) is 4.61. The normalized spacial score (nSPS) is 15.4. The van der Waals surface area contributed by atoms with Crippen molar-refractivity contribution in [2.24, 2.45) is 0 Å². The topological polar surface area (TPSA) is 38.8 Å². The lowest BCUT2D eigenvalue weighted by molar-refractivity contribution is -0.133. The number of methoxy groups -OCH3 is 2. The molecule has 0 aromatic heterocycles. The summed E-state index contributed by atoms with van der Waals surface area (Å²) in [5.74, 6) is 1.59. The second-order valence-electron chi connectivity index (χ2n) is 7.54. The first-order valence-electron chi connectivity index (χ1n) is 10.3. The van der Waals surface area contributed by atoms with Gasteiger partial charge in [0.25, 0.3) is 0 Å². The molecule has 4 heteroatoms. The number of nitrogens with zero attached hydrogens (tertiary/aromatic N) is 1. The molecule has 0 saturated carbocycles. The Morgan fingerprint density at radius 1 is 0.933 bits per heavy atom. The van der Waals surface area contributed by atoms with E-state index < -0.39 is 0 Å². The minimum Gasteiger partial charge on any atom is -0.493 e. The quantitative estimate of drug-likeness (QED) is 0.595. The number of rotatable bonds is 6. The molecular formula is C26H27NO3. The van der Waals surface area contributed by atoms with Crippen molar-refractivity contribution in [2.75, 3.05) is 20.8 Å². The Bertz CT molecular complexity index is 1000. The third kappa shape index (κ3) is 4.04. The first-order valence-corrected chi connectivity index (χ1v) is 10.3. The Morgan fingerprint density at radius 3 is 2.23 bits per heavy atom. The van der Waals surface area contributed by atoms with Gasteiger partial charge in [-0.15, -0.1) is 0 Å². The Labute approximate surface area is 178 Å². The molecule has 1 atom stereocenters. The summed E-state index contributed by atoms with van der Waals surface area (Å²) < 4.78 is 11.1. The molecule has 154 valence electrons. The van der Waals surface area contributed by atoms with Crippen LogP contribution < -0.4 is 9.47 Å². The van der Waals surface area contributed by atoms with Crippen LogP contribution >= 0.6 is 0 Å². The third-order valence-electron chi connectivity index (χ3n) is 5.78. The molecular weight excluding hydrogens is 374 g/mol. The highest BCUT2D eigenvalue weighted by molar-refractivity contribution is 5.78. The molecule has 0 aliphatic carbocycles. The summed E-state index contributed by atoms with van der Waals surface area (Å²) in [6.07, 6.45) is 2.04. The average molecular weight is 402 g/mol. The van der Waals surface area contributed by atoms with Crippen molar-refractivity contribution < 1.29 is 14.3 Å². The second-order valence-corrected chi connectivity index (χ2v) is 7.54. The molecule has 0 N–H and O–H groups in total. The first-order chi connectivity index (χ1) is 14.7. The zero-order valence-electron chi connectivity index (χ0n) is 17.5. The van der Waals surface area contributed by atoms with Gasteiger partial charge in [-0.05, 0) is 47.2 Å². The predicted molar refractivity (Wildman–Crippen MR) is 118 cm³/mol. The van der Waals surface area contributed by atoms with Gasteiger partial charge in [-0.1, -0.05) is 60.7 Å². The minimum atomic E-state index is -0.127. The fraction of sp³-hybridized carbons (Fsp3) is 0.269. The highest BCUT2D eigenvalue weighted by Gasteiger charge is 2.33. The van der Waals surface area contributed by atoms with Crippen LogP contribution in [0.4, 0.5) is 0 Å². The molecule has 1 aliphatic heterocycles. The van der Waals surface area contributed by atoms with E-state index in [9.17, 15) is 4.79 Å². The van der Waals surface area contributed by atoms with E-state index in [1.165, 1.54) is 11.1 Å². The largest absolute Gasteiger partial charge is 0.493 e. The number of hydrogen-bond donors (Lipinski definition) is 0. The summed E-state index contributed by atoms with van der Waals surface area (Å²) in [7, 11) is 3.30. The first kappa shape index (κ1) is 20.0. The van der Waals surface area contributed by atoms with Crippen LogP contribution in [0.2, 0.25) is 0 Å². The van der Waals surface area contributed by atoms with Gasteiger partial charge in [0.1, 0.15) is 0 Å². The lowest BCUT2D eigenvalue weighted by Crippen LogP contribution is -2.40. The average Bonchev–Trinajstić information content (AvgIpc) is 2.82. The van der Waals surface area contributed by atoms with Gasteiger partial charge in [-0.25, -0.2) is 0 Å². The lowest BCUT2D eigenvalue weighted by atomic mass is 9.87. The van der Waals surface area contributed by atoms with Crippen molar-refractivity contribution in [3.8, 4) is 11.5 Å². The monoisotopic (exact) mass is 401 g/mol. The molecule has 1 amide bonds. The van der Waals surface area contributed by atoms with Gasteiger partial charge < -0.3 is 14.4 Å². The number of aryl methyl sites for hydroxylation is 1. The summed E-state index contributed by atoms with van der Waals surface area (Å²) >= 11 is 0. The highest BCUT2D eigenvalue weighted by Crippen LogP contribution is 2.41. The maximum atomic E-state index is 13.3. The van der Waals surface area contributed by atoms with E-state index in [1.807, 2.05) is 47.4 Å². The highest BCUT2D eigenvalue weighted by atomic mass is 16.5. The fourth-order valence-corrected chi connectivity index (χ4v) is 4.25. The molecule has 0 fully saturated rings. The molecule has 0 saturated heterocycles. The molecule has 0 bridgehead atoms. The van der Waals surface area contributed by atoms with Gasteiger partial charge in [0, 0.05) is 13.0 Å². The van der Waals surface area contributed by atoms with Gasteiger partial charge in [0.05, 0.1) is 20.3 Å². The summed E-state index contributed by atoms with van der Waals surface area (Å²) in [6.45, 7) is 0.690. The predicted octanol–water partition coefficient (Wildman–Crippen LogP) is 4.81. The van der Waals surface area contributed by atoms with E-state index in [1.54, 1.807) is 14.2 Å². The molecule has 1 aliphatic rings. The van der Waals surface area contributed by atoms with E-state index in [0.29, 0.717) is 18.7 Å². The molecule has 1 heterocycles. The van der Waals surface area contributed by atoms with E-state index in [4.69, 9.17) is 9.47 Å². The molecule has 4 rings (SSSR count). The van der Waals surface area contributed by atoms with Crippen LogP contribution in [0.5, 0.6) is 11.5 Å². The smallest absolute Gasteiger partial charge is 0.223 e. The van der Waals surface area contributed by atoms with Gasteiger partial charge in [0.15, 0.2) is 11.5 Å². The third-order valence-corrected chi connectivity index (χ3v) is 5.78. The van der Waals surface area contributed by atoms with E-state index in [0.717, 1.165) is 29.7 Å². The van der Waals surface area contributed by atoms with Gasteiger partial charge in [0.2, 0.25) is 5.91 Å². The van der Waals surface area contributed by atoms with Crippen molar-refractivity contribution in [3.63, 3.8) is 0 Å². The minimum absolute atomic E-state index is 0.127. The standard InChI is InChI=1S/C26H27NO3/c1-29-23-17-21-15-16-27(25(28)14-13-19-9-5-3-6-10-19)26(20-11-7-4-8-12-20)22(21)18-24(23)30-2/h3-12,17-18,26H,13-16H2,1-2H3/t26-/m0/s1. The number of benzene rings is 3.